The van der Waals surface area contributed by atoms with Crippen LogP contribution in [-0.4, -0.2) is 55.4 Å². The lowest BCUT2D eigenvalue weighted by Crippen LogP contribution is -2.49. The third-order valence-electron chi connectivity index (χ3n) is 5.23. The Bertz CT molecular complexity index is 976. The molecule has 152 valence electrons. The average Bonchev–Trinajstić information content (AvgIpc) is 2.73. The van der Waals surface area contributed by atoms with E-state index in [4.69, 9.17) is 16.3 Å². The highest BCUT2D eigenvalue weighted by molar-refractivity contribution is 9.10. The van der Waals surface area contributed by atoms with Gasteiger partial charge in [-0.25, -0.2) is 0 Å². The fourth-order valence-electron chi connectivity index (χ4n) is 3.69. The third-order valence-corrected chi connectivity index (χ3v) is 5.96. The first-order valence-electron chi connectivity index (χ1n) is 9.80. The zero-order valence-corrected chi connectivity index (χ0v) is 18.4. The predicted molar refractivity (Wildman–Crippen MR) is 123 cm³/mol. The SMILES string of the molecule is O[C@H](COc1ccc2cc(Br)ccc2c1)CN1CCN(c2cccc(Cl)c2)CC1. The number of anilines is 1. The summed E-state index contributed by atoms with van der Waals surface area (Å²) in [6, 6.07) is 20.1. The molecule has 1 fully saturated rings. The Morgan fingerprint density at radius 3 is 2.52 bits per heavy atom. The summed E-state index contributed by atoms with van der Waals surface area (Å²) < 4.78 is 6.90. The van der Waals surface area contributed by atoms with Crippen LogP contribution in [0.5, 0.6) is 5.75 Å². The largest absolute Gasteiger partial charge is 0.491 e. The second-order valence-corrected chi connectivity index (χ2v) is 8.74. The van der Waals surface area contributed by atoms with Crippen LogP contribution in [0.1, 0.15) is 0 Å². The maximum atomic E-state index is 10.4. The van der Waals surface area contributed by atoms with Crippen molar-refractivity contribution >= 4 is 44.0 Å². The number of fused-ring (bicyclic) bond motifs is 1. The minimum atomic E-state index is -0.520. The van der Waals surface area contributed by atoms with Gasteiger partial charge in [-0.15, -0.1) is 0 Å². The maximum Gasteiger partial charge on any atom is 0.120 e. The van der Waals surface area contributed by atoms with Gasteiger partial charge in [-0.2, -0.15) is 0 Å². The molecule has 1 atom stereocenters. The van der Waals surface area contributed by atoms with E-state index < -0.39 is 6.10 Å². The van der Waals surface area contributed by atoms with Crippen molar-refractivity contribution in [3.8, 4) is 5.75 Å². The summed E-state index contributed by atoms with van der Waals surface area (Å²) >= 11 is 9.59. The monoisotopic (exact) mass is 474 g/mol. The molecule has 0 bridgehead atoms. The van der Waals surface area contributed by atoms with Gasteiger partial charge in [0.25, 0.3) is 0 Å². The molecule has 1 aliphatic rings. The quantitative estimate of drug-likeness (QED) is 0.555. The number of nitrogens with zero attached hydrogens (tertiary/aromatic N) is 2. The Balaban J connectivity index is 1.25. The van der Waals surface area contributed by atoms with E-state index in [0.29, 0.717) is 6.54 Å². The number of aliphatic hydroxyl groups is 1. The Morgan fingerprint density at radius 1 is 0.966 bits per heavy atom. The number of β-amino-alcohol motifs (C(OH)–C–C–N with tert-alkyl or cyclic N) is 1. The fraction of sp³-hybridized carbons (Fsp3) is 0.304. The van der Waals surface area contributed by atoms with Crippen LogP contribution in [0.3, 0.4) is 0 Å². The molecule has 0 spiro atoms. The van der Waals surface area contributed by atoms with Crippen molar-refractivity contribution in [3.05, 3.63) is 70.2 Å². The Labute approximate surface area is 184 Å². The van der Waals surface area contributed by atoms with E-state index in [9.17, 15) is 5.11 Å². The van der Waals surface area contributed by atoms with E-state index in [2.05, 4.69) is 43.9 Å². The van der Waals surface area contributed by atoms with E-state index in [1.807, 2.05) is 42.5 Å². The van der Waals surface area contributed by atoms with Gasteiger partial charge in [-0.3, -0.25) is 4.90 Å². The molecule has 4 rings (SSSR count). The van der Waals surface area contributed by atoms with Gasteiger partial charge in [-0.05, 0) is 53.2 Å². The van der Waals surface area contributed by atoms with Crippen molar-refractivity contribution in [1.29, 1.82) is 0 Å². The minimum absolute atomic E-state index is 0.288. The Morgan fingerprint density at radius 2 is 1.72 bits per heavy atom. The third kappa shape index (κ3) is 5.43. The second-order valence-electron chi connectivity index (χ2n) is 7.39. The highest BCUT2D eigenvalue weighted by atomic mass is 79.9. The van der Waals surface area contributed by atoms with Gasteiger partial charge < -0.3 is 14.7 Å². The summed E-state index contributed by atoms with van der Waals surface area (Å²) in [4.78, 5) is 4.62. The molecule has 1 saturated heterocycles. The number of benzene rings is 3. The Hall–Kier alpha value is -1.79. The number of rotatable bonds is 6. The normalized spacial score (nSPS) is 16.2. The zero-order valence-electron chi connectivity index (χ0n) is 16.1. The number of ether oxygens (including phenoxy) is 1. The summed E-state index contributed by atoms with van der Waals surface area (Å²) in [5.74, 6) is 0.782. The van der Waals surface area contributed by atoms with Gasteiger partial charge in [0.05, 0.1) is 0 Å². The smallest absolute Gasteiger partial charge is 0.120 e. The molecule has 6 heteroatoms. The summed E-state index contributed by atoms with van der Waals surface area (Å²) in [7, 11) is 0. The van der Waals surface area contributed by atoms with Crippen LogP contribution in [0.15, 0.2) is 65.1 Å². The van der Waals surface area contributed by atoms with Crippen LogP contribution >= 0.6 is 27.5 Å². The molecule has 3 aromatic rings. The molecule has 1 N–H and O–H groups in total. The van der Waals surface area contributed by atoms with E-state index in [0.717, 1.165) is 57.9 Å². The topological polar surface area (TPSA) is 35.9 Å². The Kier molecular flexibility index (Phi) is 6.60. The molecule has 0 aromatic heterocycles. The highest BCUT2D eigenvalue weighted by Crippen LogP contribution is 2.24. The molecular weight excluding hydrogens is 452 g/mol. The van der Waals surface area contributed by atoms with E-state index >= 15 is 0 Å². The van der Waals surface area contributed by atoms with E-state index in [1.165, 1.54) is 0 Å². The lowest BCUT2D eigenvalue weighted by molar-refractivity contribution is 0.0663. The zero-order chi connectivity index (χ0) is 20.2. The van der Waals surface area contributed by atoms with E-state index in [-0.39, 0.29) is 6.61 Å². The summed E-state index contributed by atoms with van der Waals surface area (Å²) in [6.07, 6.45) is -0.520. The molecule has 4 nitrogen and oxygen atoms in total. The van der Waals surface area contributed by atoms with Crippen molar-refractivity contribution < 1.29 is 9.84 Å². The van der Waals surface area contributed by atoms with Gasteiger partial charge in [0, 0.05) is 47.9 Å². The van der Waals surface area contributed by atoms with Gasteiger partial charge in [0.1, 0.15) is 18.5 Å². The fourth-order valence-corrected chi connectivity index (χ4v) is 4.25. The first-order chi connectivity index (χ1) is 14.1. The first-order valence-corrected chi connectivity index (χ1v) is 11.0. The number of hydrogen-bond acceptors (Lipinski definition) is 4. The van der Waals surface area contributed by atoms with Crippen LogP contribution in [-0.2, 0) is 0 Å². The van der Waals surface area contributed by atoms with Gasteiger partial charge in [0.15, 0.2) is 0 Å². The van der Waals surface area contributed by atoms with Crippen LogP contribution in [0.25, 0.3) is 10.8 Å². The lowest BCUT2D eigenvalue weighted by atomic mass is 10.1. The molecule has 29 heavy (non-hydrogen) atoms. The lowest BCUT2D eigenvalue weighted by Gasteiger charge is -2.36. The molecule has 0 radical (unpaired) electrons. The maximum absolute atomic E-state index is 10.4. The van der Waals surface area contributed by atoms with Gasteiger partial charge in [-0.1, -0.05) is 45.7 Å². The van der Waals surface area contributed by atoms with Crippen molar-refractivity contribution in [3.63, 3.8) is 0 Å². The number of hydrogen-bond donors (Lipinski definition) is 1. The van der Waals surface area contributed by atoms with Crippen LogP contribution in [0.2, 0.25) is 5.02 Å². The van der Waals surface area contributed by atoms with Crippen LogP contribution in [0, 0.1) is 0 Å². The van der Waals surface area contributed by atoms with Crippen molar-refractivity contribution in [2.45, 2.75) is 6.10 Å². The summed E-state index contributed by atoms with van der Waals surface area (Å²) in [5.41, 5.74) is 1.16. The molecule has 1 aliphatic heterocycles. The summed E-state index contributed by atoms with van der Waals surface area (Å²) in [6.45, 7) is 4.58. The molecule has 0 unspecified atom stereocenters. The highest BCUT2D eigenvalue weighted by Gasteiger charge is 2.20. The standard InChI is InChI=1S/C23H24BrClN2O2/c24-19-6-4-18-13-23(7-5-17(18)12-19)29-16-22(28)15-26-8-10-27(11-9-26)21-3-1-2-20(25)14-21/h1-7,12-14,22,28H,8-11,15-16H2/t22-/m0/s1. The molecule has 1 heterocycles. The average molecular weight is 476 g/mol. The predicted octanol–water partition coefficient (Wildman–Crippen LogP) is 4.82. The van der Waals surface area contributed by atoms with Crippen LogP contribution < -0.4 is 9.64 Å². The van der Waals surface area contributed by atoms with E-state index in [1.54, 1.807) is 0 Å². The molecule has 0 aliphatic carbocycles. The van der Waals surface area contributed by atoms with Gasteiger partial charge in [0.2, 0.25) is 0 Å². The summed E-state index contributed by atoms with van der Waals surface area (Å²) in [5, 5.41) is 13.5. The van der Waals surface area contributed by atoms with Gasteiger partial charge >= 0.3 is 0 Å². The van der Waals surface area contributed by atoms with Crippen molar-refractivity contribution in [2.24, 2.45) is 0 Å². The molecule has 0 saturated carbocycles. The number of halogens is 2. The second kappa shape index (κ2) is 9.35. The van der Waals surface area contributed by atoms with Crippen LogP contribution in [0.4, 0.5) is 5.69 Å². The number of aliphatic hydroxyl groups excluding tert-OH is 1. The molecule has 0 amide bonds. The van der Waals surface area contributed by atoms with Crippen molar-refractivity contribution in [1.82, 2.24) is 4.90 Å². The number of piperazine rings is 1. The molecular formula is C23H24BrClN2O2. The van der Waals surface area contributed by atoms with Crippen molar-refractivity contribution in [2.75, 3.05) is 44.2 Å². The first kappa shape index (κ1) is 20.5. The molecule has 3 aromatic carbocycles. The minimum Gasteiger partial charge on any atom is -0.491 e.